The molecule has 2 saturated heterocycles. The highest BCUT2D eigenvalue weighted by atomic mass is 16.5. The summed E-state index contributed by atoms with van der Waals surface area (Å²) in [5.74, 6) is 0. The molecule has 2 aliphatic heterocycles. The van der Waals surface area contributed by atoms with Crippen molar-refractivity contribution < 1.29 is 9.84 Å². The molecule has 2 heterocycles. The van der Waals surface area contributed by atoms with Crippen LogP contribution >= 0.6 is 0 Å². The molecule has 0 saturated carbocycles. The molecule has 2 fully saturated rings. The normalized spacial score (nSPS) is 36.2. The maximum Gasteiger partial charge on any atom is 0.0710 e. The molecular formula is C12H23NO2. The van der Waals surface area contributed by atoms with E-state index in [9.17, 15) is 5.11 Å². The first kappa shape index (κ1) is 11.4. The molecule has 2 aliphatic rings. The third-order valence-electron chi connectivity index (χ3n) is 3.70. The number of hydrogen-bond acceptors (Lipinski definition) is 3. The van der Waals surface area contributed by atoms with E-state index in [1.807, 2.05) is 0 Å². The van der Waals surface area contributed by atoms with E-state index >= 15 is 0 Å². The van der Waals surface area contributed by atoms with Gasteiger partial charge >= 0.3 is 0 Å². The van der Waals surface area contributed by atoms with E-state index in [1.165, 1.54) is 12.8 Å². The van der Waals surface area contributed by atoms with Gasteiger partial charge in [-0.15, -0.1) is 0 Å². The molecule has 0 spiro atoms. The molecule has 0 amide bonds. The van der Waals surface area contributed by atoms with Crippen molar-refractivity contribution in [3.63, 3.8) is 0 Å². The number of aliphatic hydroxyl groups excluding tert-OH is 1. The van der Waals surface area contributed by atoms with Crippen molar-refractivity contribution in [2.45, 2.75) is 57.3 Å². The van der Waals surface area contributed by atoms with E-state index in [2.05, 4.69) is 18.7 Å². The SMILES string of the molecule is CC1(C)CCC(CN2CCCC2CO)O1. The second-order valence-corrected chi connectivity index (χ2v) is 5.51. The van der Waals surface area contributed by atoms with Gasteiger partial charge in [0.2, 0.25) is 0 Å². The van der Waals surface area contributed by atoms with E-state index in [4.69, 9.17) is 4.74 Å². The lowest BCUT2D eigenvalue weighted by Crippen LogP contribution is -2.38. The Bertz CT molecular complexity index is 218. The predicted molar refractivity (Wildman–Crippen MR) is 59.9 cm³/mol. The van der Waals surface area contributed by atoms with Crippen LogP contribution in [-0.2, 0) is 4.74 Å². The lowest BCUT2D eigenvalue weighted by atomic mass is 10.1. The van der Waals surface area contributed by atoms with Crippen molar-refractivity contribution >= 4 is 0 Å². The van der Waals surface area contributed by atoms with E-state index in [-0.39, 0.29) is 5.60 Å². The lowest BCUT2D eigenvalue weighted by molar-refractivity contribution is -0.0321. The summed E-state index contributed by atoms with van der Waals surface area (Å²) < 4.78 is 5.98. The number of likely N-dealkylation sites (tertiary alicyclic amines) is 1. The molecule has 15 heavy (non-hydrogen) atoms. The van der Waals surface area contributed by atoms with Crippen molar-refractivity contribution in [1.82, 2.24) is 4.90 Å². The minimum atomic E-state index is 0.0686. The Morgan fingerprint density at radius 3 is 2.80 bits per heavy atom. The summed E-state index contributed by atoms with van der Waals surface area (Å²) in [6, 6.07) is 0.386. The average Bonchev–Trinajstić information content (AvgIpc) is 2.73. The minimum absolute atomic E-state index is 0.0686. The highest BCUT2D eigenvalue weighted by molar-refractivity contribution is 4.86. The first-order chi connectivity index (χ1) is 7.11. The number of aliphatic hydroxyl groups is 1. The Morgan fingerprint density at radius 2 is 2.20 bits per heavy atom. The molecule has 2 atom stereocenters. The van der Waals surface area contributed by atoms with Gasteiger partial charge in [-0.2, -0.15) is 0 Å². The fourth-order valence-electron chi connectivity index (χ4n) is 2.81. The van der Waals surface area contributed by atoms with Crippen molar-refractivity contribution in [1.29, 1.82) is 0 Å². The first-order valence-electron chi connectivity index (χ1n) is 6.13. The van der Waals surface area contributed by atoms with Gasteiger partial charge in [0.05, 0.1) is 18.3 Å². The van der Waals surface area contributed by atoms with Crippen LogP contribution in [0.1, 0.15) is 39.5 Å². The maximum absolute atomic E-state index is 9.23. The van der Waals surface area contributed by atoms with E-state index in [0.717, 1.165) is 25.9 Å². The number of rotatable bonds is 3. The number of nitrogens with zero attached hydrogens (tertiary/aromatic N) is 1. The van der Waals surface area contributed by atoms with Gasteiger partial charge in [-0.1, -0.05) is 0 Å². The third-order valence-corrected chi connectivity index (χ3v) is 3.70. The summed E-state index contributed by atoms with van der Waals surface area (Å²) in [6.07, 6.45) is 5.08. The largest absolute Gasteiger partial charge is 0.395 e. The van der Waals surface area contributed by atoms with Crippen LogP contribution in [0.5, 0.6) is 0 Å². The third kappa shape index (κ3) is 2.71. The second kappa shape index (κ2) is 4.40. The molecular weight excluding hydrogens is 190 g/mol. The Hall–Kier alpha value is -0.120. The van der Waals surface area contributed by atoms with Gasteiger partial charge in [-0.3, -0.25) is 4.90 Å². The molecule has 0 aromatic rings. The van der Waals surface area contributed by atoms with Crippen LogP contribution in [0.4, 0.5) is 0 Å². The smallest absolute Gasteiger partial charge is 0.0710 e. The standard InChI is InChI=1S/C12H23NO2/c1-12(2)6-5-11(15-12)8-13-7-3-4-10(13)9-14/h10-11,14H,3-9H2,1-2H3. The fraction of sp³-hybridized carbons (Fsp3) is 1.00. The molecule has 2 unspecified atom stereocenters. The van der Waals surface area contributed by atoms with Crippen LogP contribution in [0.25, 0.3) is 0 Å². The zero-order chi connectivity index (χ0) is 10.9. The predicted octanol–water partition coefficient (Wildman–Crippen LogP) is 1.40. The van der Waals surface area contributed by atoms with Crippen LogP contribution < -0.4 is 0 Å². The van der Waals surface area contributed by atoms with Gasteiger partial charge in [0, 0.05) is 12.6 Å². The molecule has 2 rings (SSSR count). The molecule has 0 aromatic heterocycles. The highest BCUT2D eigenvalue weighted by Gasteiger charge is 2.34. The molecule has 3 heteroatoms. The first-order valence-corrected chi connectivity index (χ1v) is 6.13. The molecule has 0 aromatic carbocycles. The van der Waals surface area contributed by atoms with Gasteiger partial charge < -0.3 is 9.84 Å². The Morgan fingerprint density at radius 1 is 1.40 bits per heavy atom. The van der Waals surface area contributed by atoms with Gasteiger partial charge in [0.25, 0.3) is 0 Å². The monoisotopic (exact) mass is 213 g/mol. The second-order valence-electron chi connectivity index (χ2n) is 5.51. The van der Waals surface area contributed by atoms with Crippen molar-refractivity contribution in [2.24, 2.45) is 0 Å². The van der Waals surface area contributed by atoms with Crippen LogP contribution in [0.2, 0.25) is 0 Å². The lowest BCUT2D eigenvalue weighted by Gasteiger charge is -2.27. The topological polar surface area (TPSA) is 32.7 Å². The Labute approximate surface area is 92.4 Å². The molecule has 3 nitrogen and oxygen atoms in total. The molecule has 0 radical (unpaired) electrons. The Balaban J connectivity index is 1.82. The maximum atomic E-state index is 9.23. The number of hydrogen-bond donors (Lipinski definition) is 1. The van der Waals surface area contributed by atoms with Crippen molar-refractivity contribution in [3.8, 4) is 0 Å². The summed E-state index contributed by atoms with van der Waals surface area (Å²) in [7, 11) is 0. The summed E-state index contributed by atoms with van der Waals surface area (Å²) in [5, 5.41) is 9.23. The number of ether oxygens (including phenoxy) is 1. The van der Waals surface area contributed by atoms with Crippen molar-refractivity contribution in [3.05, 3.63) is 0 Å². The van der Waals surface area contributed by atoms with Gasteiger partial charge in [0.15, 0.2) is 0 Å². The van der Waals surface area contributed by atoms with Crippen LogP contribution in [0.15, 0.2) is 0 Å². The average molecular weight is 213 g/mol. The summed E-state index contributed by atoms with van der Waals surface area (Å²) >= 11 is 0. The quantitative estimate of drug-likeness (QED) is 0.769. The van der Waals surface area contributed by atoms with Crippen LogP contribution in [0.3, 0.4) is 0 Å². The zero-order valence-electron chi connectivity index (χ0n) is 9.91. The summed E-state index contributed by atoms with van der Waals surface area (Å²) in [6.45, 7) is 6.78. The van der Waals surface area contributed by atoms with E-state index in [1.54, 1.807) is 0 Å². The summed E-state index contributed by atoms with van der Waals surface area (Å²) in [4.78, 5) is 2.39. The van der Waals surface area contributed by atoms with Crippen molar-refractivity contribution in [2.75, 3.05) is 19.7 Å². The van der Waals surface area contributed by atoms with E-state index in [0.29, 0.717) is 18.8 Å². The molecule has 88 valence electrons. The summed E-state index contributed by atoms with van der Waals surface area (Å²) in [5.41, 5.74) is 0.0686. The van der Waals surface area contributed by atoms with Crippen LogP contribution in [-0.4, -0.2) is 47.4 Å². The highest BCUT2D eigenvalue weighted by Crippen LogP contribution is 2.31. The minimum Gasteiger partial charge on any atom is -0.395 e. The van der Waals surface area contributed by atoms with E-state index < -0.39 is 0 Å². The zero-order valence-corrected chi connectivity index (χ0v) is 9.91. The molecule has 0 bridgehead atoms. The molecule has 0 aliphatic carbocycles. The fourth-order valence-corrected chi connectivity index (χ4v) is 2.81. The van der Waals surface area contributed by atoms with Gasteiger partial charge in [-0.05, 0) is 46.1 Å². The van der Waals surface area contributed by atoms with Crippen LogP contribution in [0, 0.1) is 0 Å². The molecule has 1 N–H and O–H groups in total. The van der Waals surface area contributed by atoms with Gasteiger partial charge in [-0.25, -0.2) is 0 Å². The Kier molecular flexibility index (Phi) is 3.33. The van der Waals surface area contributed by atoms with Gasteiger partial charge in [0.1, 0.15) is 0 Å².